The summed E-state index contributed by atoms with van der Waals surface area (Å²) >= 11 is 0. The minimum atomic E-state index is 0.349. The Hall–Kier alpha value is -1.22. The van der Waals surface area contributed by atoms with E-state index in [1.165, 1.54) is 5.69 Å². The van der Waals surface area contributed by atoms with Gasteiger partial charge in [0.25, 0.3) is 0 Å². The number of benzene rings is 1. The summed E-state index contributed by atoms with van der Waals surface area (Å²) in [4.78, 5) is 2.26. The van der Waals surface area contributed by atoms with Gasteiger partial charge in [0, 0.05) is 24.8 Å². The van der Waals surface area contributed by atoms with E-state index in [1.54, 1.807) is 0 Å². The summed E-state index contributed by atoms with van der Waals surface area (Å²) in [7, 11) is 0. The van der Waals surface area contributed by atoms with Gasteiger partial charge in [-0.05, 0) is 31.2 Å². The molecule has 2 rings (SSSR count). The number of ether oxygens (including phenoxy) is 1. The standard InChI is InChI=1S/C11H16N2O/c1-2-14-11-5-3-10(4-6-11)13-7-9(12)8-13/h3-6,9H,2,7-8,12H2,1H3. The Bertz CT molecular complexity index is 291. The first kappa shape index (κ1) is 9.34. The summed E-state index contributed by atoms with van der Waals surface area (Å²) < 4.78 is 5.37. The van der Waals surface area contributed by atoms with Crippen molar-refractivity contribution in [2.24, 2.45) is 5.73 Å². The molecule has 1 aliphatic rings. The molecule has 76 valence electrons. The first-order chi connectivity index (χ1) is 6.79. The van der Waals surface area contributed by atoms with Gasteiger partial charge in [-0.25, -0.2) is 0 Å². The zero-order chi connectivity index (χ0) is 9.97. The molecule has 0 aliphatic carbocycles. The Morgan fingerprint density at radius 2 is 2.00 bits per heavy atom. The molecule has 0 spiro atoms. The largest absolute Gasteiger partial charge is 0.494 e. The maximum atomic E-state index is 5.72. The minimum Gasteiger partial charge on any atom is -0.494 e. The fraction of sp³-hybridized carbons (Fsp3) is 0.455. The van der Waals surface area contributed by atoms with Crippen LogP contribution >= 0.6 is 0 Å². The Morgan fingerprint density at radius 1 is 1.36 bits per heavy atom. The van der Waals surface area contributed by atoms with Gasteiger partial charge >= 0.3 is 0 Å². The second-order valence-corrected chi connectivity index (χ2v) is 3.59. The van der Waals surface area contributed by atoms with Gasteiger partial charge in [-0.2, -0.15) is 0 Å². The van der Waals surface area contributed by atoms with Crippen LogP contribution in [0.3, 0.4) is 0 Å². The summed E-state index contributed by atoms with van der Waals surface area (Å²) in [5.41, 5.74) is 6.95. The molecule has 0 unspecified atom stereocenters. The number of anilines is 1. The topological polar surface area (TPSA) is 38.5 Å². The van der Waals surface area contributed by atoms with Crippen LogP contribution in [0.5, 0.6) is 5.75 Å². The smallest absolute Gasteiger partial charge is 0.119 e. The third kappa shape index (κ3) is 1.82. The van der Waals surface area contributed by atoms with Crippen molar-refractivity contribution in [3.05, 3.63) is 24.3 Å². The zero-order valence-corrected chi connectivity index (χ0v) is 8.44. The molecular formula is C11H16N2O. The van der Waals surface area contributed by atoms with Gasteiger partial charge in [0.05, 0.1) is 6.61 Å². The SMILES string of the molecule is CCOc1ccc(N2CC(N)C2)cc1. The van der Waals surface area contributed by atoms with Crippen molar-refractivity contribution in [3.8, 4) is 5.75 Å². The van der Waals surface area contributed by atoms with Gasteiger partial charge in [-0.15, -0.1) is 0 Å². The summed E-state index contributed by atoms with van der Waals surface area (Å²) in [6, 6.07) is 8.51. The van der Waals surface area contributed by atoms with Crippen molar-refractivity contribution >= 4 is 5.69 Å². The molecule has 0 radical (unpaired) electrons. The number of rotatable bonds is 3. The summed E-state index contributed by atoms with van der Waals surface area (Å²) in [5, 5.41) is 0. The van der Waals surface area contributed by atoms with E-state index in [9.17, 15) is 0 Å². The van der Waals surface area contributed by atoms with Crippen molar-refractivity contribution < 1.29 is 4.74 Å². The maximum Gasteiger partial charge on any atom is 0.119 e. The van der Waals surface area contributed by atoms with Gasteiger partial charge in [0.1, 0.15) is 5.75 Å². The first-order valence-corrected chi connectivity index (χ1v) is 5.03. The molecule has 3 nitrogen and oxygen atoms in total. The van der Waals surface area contributed by atoms with Crippen LogP contribution in [0, 0.1) is 0 Å². The highest BCUT2D eigenvalue weighted by molar-refractivity contribution is 5.51. The molecule has 1 aromatic rings. The lowest BCUT2D eigenvalue weighted by Crippen LogP contribution is -2.55. The van der Waals surface area contributed by atoms with Crippen molar-refractivity contribution in [2.75, 3.05) is 24.6 Å². The van der Waals surface area contributed by atoms with E-state index in [1.807, 2.05) is 19.1 Å². The highest BCUT2D eigenvalue weighted by atomic mass is 16.5. The maximum absolute atomic E-state index is 5.72. The third-order valence-corrected chi connectivity index (χ3v) is 2.42. The molecule has 14 heavy (non-hydrogen) atoms. The van der Waals surface area contributed by atoms with Gasteiger partial charge < -0.3 is 15.4 Å². The Balaban J connectivity index is 1.99. The molecule has 2 N–H and O–H groups in total. The summed E-state index contributed by atoms with van der Waals surface area (Å²) in [5.74, 6) is 0.932. The lowest BCUT2D eigenvalue weighted by atomic mass is 10.1. The highest BCUT2D eigenvalue weighted by Gasteiger charge is 2.22. The van der Waals surface area contributed by atoms with Crippen LogP contribution in [0.4, 0.5) is 5.69 Å². The van der Waals surface area contributed by atoms with Crippen molar-refractivity contribution in [1.82, 2.24) is 0 Å². The van der Waals surface area contributed by atoms with Crippen LogP contribution in [0.2, 0.25) is 0 Å². The first-order valence-electron chi connectivity index (χ1n) is 5.03. The normalized spacial score (nSPS) is 16.6. The molecule has 3 heteroatoms. The van der Waals surface area contributed by atoms with E-state index in [0.29, 0.717) is 12.6 Å². The average molecular weight is 192 g/mol. The number of nitrogens with two attached hydrogens (primary N) is 1. The van der Waals surface area contributed by atoms with Crippen molar-refractivity contribution in [1.29, 1.82) is 0 Å². The molecule has 1 saturated heterocycles. The quantitative estimate of drug-likeness (QED) is 0.783. The highest BCUT2D eigenvalue weighted by Crippen LogP contribution is 2.22. The van der Waals surface area contributed by atoms with E-state index in [0.717, 1.165) is 18.8 Å². The Morgan fingerprint density at radius 3 is 2.50 bits per heavy atom. The van der Waals surface area contributed by atoms with Gasteiger partial charge in [0.15, 0.2) is 0 Å². The average Bonchev–Trinajstić information content (AvgIpc) is 2.15. The number of hydrogen-bond acceptors (Lipinski definition) is 3. The summed E-state index contributed by atoms with van der Waals surface area (Å²) in [6.07, 6.45) is 0. The number of nitrogens with zero attached hydrogens (tertiary/aromatic N) is 1. The van der Waals surface area contributed by atoms with E-state index in [4.69, 9.17) is 10.5 Å². The van der Waals surface area contributed by atoms with Crippen LogP contribution < -0.4 is 15.4 Å². The van der Waals surface area contributed by atoms with Crippen LogP contribution in [0.25, 0.3) is 0 Å². The monoisotopic (exact) mass is 192 g/mol. The molecule has 1 aliphatic heterocycles. The molecule has 1 heterocycles. The molecule has 0 aromatic heterocycles. The van der Waals surface area contributed by atoms with Gasteiger partial charge in [-0.3, -0.25) is 0 Å². The fourth-order valence-corrected chi connectivity index (χ4v) is 1.64. The molecule has 0 bridgehead atoms. The molecule has 0 atom stereocenters. The van der Waals surface area contributed by atoms with Crippen LogP contribution in [0.1, 0.15) is 6.92 Å². The number of hydrogen-bond donors (Lipinski definition) is 1. The molecular weight excluding hydrogens is 176 g/mol. The fourth-order valence-electron chi connectivity index (χ4n) is 1.64. The molecule has 0 amide bonds. The zero-order valence-electron chi connectivity index (χ0n) is 8.44. The molecule has 1 fully saturated rings. The minimum absolute atomic E-state index is 0.349. The third-order valence-electron chi connectivity index (χ3n) is 2.42. The van der Waals surface area contributed by atoms with E-state index < -0.39 is 0 Å². The van der Waals surface area contributed by atoms with Crippen LogP contribution in [-0.4, -0.2) is 25.7 Å². The lowest BCUT2D eigenvalue weighted by molar-refractivity contribution is 0.340. The molecule has 0 saturated carbocycles. The van der Waals surface area contributed by atoms with Crippen LogP contribution in [-0.2, 0) is 0 Å². The van der Waals surface area contributed by atoms with Gasteiger partial charge in [0.2, 0.25) is 0 Å². The van der Waals surface area contributed by atoms with Gasteiger partial charge in [-0.1, -0.05) is 0 Å². The van der Waals surface area contributed by atoms with Crippen molar-refractivity contribution in [3.63, 3.8) is 0 Å². The van der Waals surface area contributed by atoms with E-state index >= 15 is 0 Å². The molecule has 1 aromatic carbocycles. The summed E-state index contributed by atoms with van der Waals surface area (Å²) in [6.45, 7) is 4.64. The second kappa shape index (κ2) is 3.88. The lowest BCUT2D eigenvalue weighted by Gasteiger charge is -2.38. The predicted octanol–water partition coefficient (Wildman–Crippen LogP) is 1.23. The van der Waals surface area contributed by atoms with E-state index in [2.05, 4.69) is 17.0 Å². The van der Waals surface area contributed by atoms with E-state index in [-0.39, 0.29) is 0 Å². The van der Waals surface area contributed by atoms with Crippen LogP contribution in [0.15, 0.2) is 24.3 Å². The Kier molecular flexibility index (Phi) is 2.59. The predicted molar refractivity (Wildman–Crippen MR) is 57.8 cm³/mol. The van der Waals surface area contributed by atoms with Crippen molar-refractivity contribution in [2.45, 2.75) is 13.0 Å². The second-order valence-electron chi connectivity index (χ2n) is 3.59. The Labute approximate surface area is 84.5 Å².